The molecule has 27 heavy (non-hydrogen) atoms. The number of carbonyl (C=O) groups excluding carboxylic acids is 1. The Kier molecular flexibility index (Phi) is 6.16. The van der Waals surface area contributed by atoms with Crippen molar-refractivity contribution < 1.29 is 9.90 Å². The van der Waals surface area contributed by atoms with Gasteiger partial charge in [-0.15, -0.1) is 0 Å². The molecule has 1 N–H and O–H groups in total. The third-order valence-electron chi connectivity index (χ3n) is 6.03. The minimum absolute atomic E-state index is 0.0285. The molecular weight excluding hydrogens is 348 g/mol. The maximum Gasteiger partial charge on any atom is 0.331 e. The van der Waals surface area contributed by atoms with Gasteiger partial charge >= 0.3 is 5.69 Å². The van der Waals surface area contributed by atoms with Crippen LogP contribution in [-0.4, -0.2) is 69.3 Å². The fourth-order valence-corrected chi connectivity index (χ4v) is 4.27. The van der Waals surface area contributed by atoms with Crippen molar-refractivity contribution in [1.82, 2.24) is 18.9 Å². The summed E-state index contributed by atoms with van der Waals surface area (Å²) in [6, 6.07) is 1.22. The predicted molar refractivity (Wildman–Crippen MR) is 102 cm³/mol. The lowest BCUT2D eigenvalue weighted by atomic mass is 9.96. The average Bonchev–Trinajstić information content (AvgIpc) is 2.89. The summed E-state index contributed by atoms with van der Waals surface area (Å²) >= 11 is 0. The zero-order valence-corrected chi connectivity index (χ0v) is 16.3. The second-order valence-corrected chi connectivity index (χ2v) is 7.90. The fourth-order valence-electron chi connectivity index (χ4n) is 4.27. The van der Waals surface area contributed by atoms with Crippen LogP contribution in [0, 0.1) is 11.8 Å². The Balaban J connectivity index is 1.75. The average molecular weight is 378 g/mol. The van der Waals surface area contributed by atoms with Gasteiger partial charge < -0.3 is 14.9 Å². The van der Waals surface area contributed by atoms with E-state index in [4.69, 9.17) is 0 Å². The van der Waals surface area contributed by atoms with E-state index in [1.807, 2.05) is 0 Å². The minimum atomic E-state index is -0.509. The van der Waals surface area contributed by atoms with Gasteiger partial charge in [-0.1, -0.05) is 12.8 Å². The van der Waals surface area contributed by atoms with Crippen LogP contribution < -0.4 is 11.2 Å². The van der Waals surface area contributed by atoms with Gasteiger partial charge in [0, 0.05) is 52.3 Å². The zero-order valence-electron chi connectivity index (χ0n) is 16.3. The Bertz CT molecular complexity index is 792. The van der Waals surface area contributed by atoms with Crippen molar-refractivity contribution in [3.05, 3.63) is 32.6 Å². The van der Waals surface area contributed by atoms with Gasteiger partial charge in [0.2, 0.25) is 0 Å². The largest absolute Gasteiger partial charge is 0.396 e. The van der Waals surface area contributed by atoms with Crippen LogP contribution in [0.2, 0.25) is 0 Å². The molecule has 2 aliphatic heterocycles. The van der Waals surface area contributed by atoms with Crippen molar-refractivity contribution in [2.75, 3.05) is 39.3 Å². The van der Waals surface area contributed by atoms with Crippen molar-refractivity contribution in [2.45, 2.75) is 25.7 Å². The summed E-state index contributed by atoms with van der Waals surface area (Å²) in [6.07, 6.45) is 4.95. The van der Waals surface area contributed by atoms with Crippen LogP contribution in [0.25, 0.3) is 0 Å². The molecule has 1 aromatic heterocycles. The predicted octanol–water partition coefficient (Wildman–Crippen LogP) is -0.359. The molecule has 2 fully saturated rings. The minimum Gasteiger partial charge on any atom is -0.396 e. The third-order valence-corrected chi connectivity index (χ3v) is 6.03. The summed E-state index contributed by atoms with van der Waals surface area (Å²) < 4.78 is 2.21. The summed E-state index contributed by atoms with van der Waals surface area (Å²) in [7, 11) is 2.90. The number of aliphatic hydroxyl groups excluding tert-OH is 1. The number of likely N-dealkylation sites (tertiary alicyclic amines) is 2. The quantitative estimate of drug-likeness (QED) is 0.773. The van der Waals surface area contributed by atoms with E-state index >= 15 is 0 Å². The van der Waals surface area contributed by atoms with Gasteiger partial charge in [0.25, 0.3) is 11.5 Å². The molecule has 0 aromatic carbocycles. The molecule has 0 spiro atoms. The molecule has 3 rings (SSSR count). The van der Waals surface area contributed by atoms with Crippen LogP contribution in [0.4, 0.5) is 0 Å². The Morgan fingerprint density at radius 1 is 1.04 bits per heavy atom. The Morgan fingerprint density at radius 3 is 2.30 bits per heavy atom. The van der Waals surface area contributed by atoms with Gasteiger partial charge in [-0.05, 0) is 31.8 Å². The molecule has 2 saturated heterocycles. The molecule has 8 heteroatoms. The normalized spacial score (nSPS) is 24.2. The molecule has 2 atom stereocenters. The van der Waals surface area contributed by atoms with Crippen molar-refractivity contribution in [3.63, 3.8) is 0 Å². The lowest BCUT2D eigenvalue weighted by Gasteiger charge is -2.26. The first-order chi connectivity index (χ1) is 12.9. The highest BCUT2D eigenvalue weighted by molar-refractivity contribution is 5.92. The maximum atomic E-state index is 13.0. The first-order valence-electron chi connectivity index (χ1n) is 9.82. The smallest absolute Gasteiger partial charge is 0.331 e. The number of hydrogen-bond acceptors (Lipinski definition) is 5. The van der Waals surface area contributed by atoms with Crippen molar-refractivity contribution in [2.24, 2.45) is 25.9 Å². The molecule has 1 aromatic rings. The lowest BCUT2D eigenvalue weighted by molar-refractivity contribution is 0.0767. The maximum absolute atomic E-state index is 13.0. The lowest BCUT2D eigenvalue weighted by Crippen LogP contribution is -2.42. The number of nitrogens with zero attached hydrogens (tertiary/aromatic N) is 4. The van der Waals surface area contributed by atoms with Crippen LogP contribution in [0.5, 0.6) is 0 Å². The van der Waals surface area contributed by atoms with E-state index in [0.29, 0.717) is 13.1 Å². The van der Waals surface area contributed by atoms with E-state index in [1.54, 1.807) is 4.90 Å². The van der Waals surface area contributed by atoms with E-state index < -0.39 is 11.2 Å². The molecule has 2 aliphatic rings. The van der Waals surface area contributed by atoms with E-state index in [2.05, 4.69) is 4.90 Å². The summed E-state index contributed by atoms with van der Waals surface area (Å²) in [4.78, 5) is 41.1. The number of rotatable bonds is 4. The number of hydrogen-bond donors (Lipinski definition) is 1. The van der Waals surface area contributed by atoms with Crippen molar-refractivity contribution in [1.29, 1.82) is 0 Å². The van der Waals surface area contributed by atoms with Crippen molar-refractivity contribution >= 4 is 5.91 Å². The number of carbonyl (C=O) groups is 1. The van der Waals surface area contributed by atoms with E-state index in [9.17, 15) is 19.5 Å². The molecule has 0 unspecified atom stereocenters. The second kappa shape index (κ2) is 8.39. The van der Waals surface area contributed by atoms with E-state index in [-0.39, 0.29) is 30.0 Å². The molecule has 150 valence electrons. The van der Waals surface area contributed by atoms with Gasteiger partial charge in [-0.3, -0.25) is 18.7 Å². The highest BCUT2D eigenvalue weighted by Gasteiger charge is 2.36. The molecule has 0 radical (unpaired) electrons. The first kappa shape index (κ1) is 19.8. The van der Waals surface area contributed by atoms with Crippen molar-refractivity contribution in [3.8, 4) is 0 Å². The van der Waals surface area contributed by atoms with Crippen LogP contribution >= 0.6 is 0 Å². The second-order valence-electron chi connectivity index (χ2n) is 7.90. The standard InChI is InChI=1S/C19H30N4O4/c1-20-16(9-17(25)21(2)19(20)27)18(26)23-11-14(15(12-23)13-24)10-22-7-5-3-4-6-8-22/h9,14-15,24H,3-8,10-13H2,1-2H3/t14-,15-/m1/s1. The van der Waals surface area contributed by atoms with E-state index in [1.165, 1.54) is 50.4 Å². The first-order valence-corrected chi connectivity index (χ1v) is 9.82. The summed E-state index contributed by atoms with van der Waals surface area (Å²) in [6.45, 7) is 4.07. The molecule has 0 aliphatic carbocycles. The third kappa shape index (κ3) is 4.16. The molecule has 8 nitrogen and oxygen atoms in total. The monoisotopic (exact) mass is 378 g/mol. The number of amides is 1. The molecule has 0 bridgehead atoms. The summed E-state index contributed by atoms with van der Waals surface area (Å²) in [5.74, 6) is -0.0782. The highest BCUT2D eigenvalue weighted by atomic mass is 16.3. The Labute approximate surface area is 159 Å². The molecule has 3 heterocycles. The van der Waals surface area contributed by atoms with E-state index in [0.717, 1.165) is 24.2 Å². The summed E-state index contributed by atoms with van der Waals surface area (Å²) in [5, 5.41) is 9.81. The van der Waals surface area contributed by atoms with Crippen LogP contribution in [0.15, 0.2) is 15.7 Å². The van der Waals surface area contributed by atoms with Crippen LogP contribution in [0.3, 0.4) is 0 Å². The zero-order chi connectivity index (χ0) is 19.6. The summed E-state index contributed by atoms with van der Waals surface area (Å²) in [5.41, 5.74) is -0.888. The fraction of sp³-hybridized carbons (Fsp3) is 0.737. The van der Waals surface area contributed by atoms with Gasteiger partial charge in [0.1, 0.15) is 5.69 Å². The topological polar surface area (TPSA) is 87.8 Å². The number of aliphatic hydroxyl groups is 1. The highest BCUT2D eigenvalue weighted by Crippen LogP contribution is 2.26. The van der Waals surface area contributed by atoms with Gasteiger partial charge in [0.05, 0.1) is 0 Å². The Hall–Kier alpha value is -1.93. The van der Waals surface area contributed by atoms with Gasteiger partial charge in [-0.25, -0.2) is 4.79 Å². The molecule has 1 amide bonds. The molecule has 0 saturated carbocycles. The SMILES string of the molecule is Cn1c(C(=O)N2C[C@@H](CN3CCCCCC3)[C@@H](CO)C2)cc(=O)n(C)c1=O. The molecular formula is C19H30N4O4. The van der Waals surface area contributed by atoms with Gasteiger partial charge in [-0.2, -0.15) is 0 Å². The van der Waals surface area contributed by atoms with Gasteiger partial charge in [0.15, 0.2) is 0 Å². The number of aromatic nitrogens is 2. The van der Waals surface area contributed by atoms with Crippen LogP contribution in [0.1, 0.15) is 36.2 Å². The Morgan fingerprint density at radius 2 is 1.67 bits per heavy atom. The van der Waals surface area contributed by atoms with Crippen LogP contribution in [-0.2, 0) is 14.1 Å².